The second kappa shape index (κ2) is 7.78. The molecule has 2 N–H and O–H groups in total. The van der Waals surface area contributed by atoms with E-state index in [9.17, 15) is 14.7 Å². The third-order valence-corrected chi connectivity index (χ3v) is 3.75. The molecule has 0 aliphatic carbocycles. The number of aryl methyl sites for hydroxylation is 1. The van der Waals surface area contributed by atoms with Crippen molar-refractivity contribution >= 4 is 11.9 Å². The second-order valence-corrected chi connectivity index (χ2v) is 5.40. The molecule has 5 heteroatoms. The van der Waals surface area contributed by atoms with Gasteiger partial charge < -0.3 is 5.11 Å². The fourth-order valence-electron chi connectivity index (χ4n) is 2.51. The molecule has 1 aliphatic rings. The molecule has 21 heavy (non-hydrogen) atoms. The second-order valence-electron chi connectivity index (χ2n) is 5.40. The van der Waals surface area contributed by atoms with E-state index in [1.165, 1.54) is 5.01 Å². The number of nitrogens with one attached hydrogen (secondary N) is 1. The van der Waals surface area contributed by atoms with Crippen molar-refractivity contribution in [1.29, 1.82) is 0 Å². The fraction of sp³-hybridized carbons (Fsp3) is 0.500. The molecule has 2 rings (SSSR count). The minimum Gasteiger partial charge on any atom is -0.480 e. The fourth-order valence-corrected chi connectivity index (χ4v) is 2.51. The highest BCUT2D eigenvalue weighted by Crippen LogP contribution is 2.11. The Morgan fingerprint density at radius 2 is 2.00 bits per heavy atom. The van der Waals surface area contributed by atoms with Crippen LogP contribution in [0, 0.1) is 0 Å². The van der Waals surface area contributed by atoms with Gasteiger partial charge in [-0.3, -0.25) is 14.6 Å². The lowest BCUT2D eigenvalue weighted by atomic mass is 10.1. The minimum absolute atomic E-state index is 0.00142. The lowest BCUT2D eigenvalue weighted by Gasteiger charge is -2.26. The SMILES string of the molecule is O=C(O)[C@H](CCc1ccccc1)NN1CCCCCC1=O. The van der Waals surface area contributed by atoms with Crippen molar-refractivity contribution in [2.75, 3.05) is 6.54 Å². The van der Waals surface area contributed by atoms with Crippen molar-refractivity contribution in [3.63, 3.8) is 0 Å². The first-order valence-corrected chi connectivity index (χ1v) is 7.50. The highest BCUT2D eigenvalue weighted by Gasteiger charge is 2.24. The molecule has 0 saturated carbocycles. The zero-order chi connectivity index (χ0) is 15.1. The third kappa shape index (κ3) is 4.86. The number of hydrogen-bond donors (Lipinski definition) is 2. The molecule has 0 aromatic heterocycles. The average molecular weight is 290 g/mol. The predicted molar refractivity (Wildman–Crippen MR) is 79.5 cm³/mol. The summed E-state index contributed by atoms with van der Waals surface area (Å²) in [6, 6.07) is 9.05. The third-order valence-electron chi connectivity index (χ3n) is 3.75. The van der Waals surface area contributed by atoms with Crippen LogP contribution in [-0.2, 0) is 16.0 Å². The highest BCUT2D eigenvalue weighted by atomic mass is 16.4. The van der Waals surface area contributed by atoms with Crippen LogP contribution in [0.2, 0.25) is 0 Å². The van der Waals surface area contributed by atoms with Gasteiger partial charge in [0.2, 0.25) is 5.91 Å². The van der Waals surface area contributed by atoms with Crippen LogP contribution in [0.15, 0.2) is 30.3 Å². The Balaban J connectivity index is 1.92. The van der Waals surface area contributed by atoms with Crippen LogP contribution in [0.4, 0.5) is 0 Å². The first-order valence-electron chi connectivity index (χ1n) is 7.50. The summed E-state index contributed by atoms with van der Waals surface area (Å²) in [5.41, 5.74) is 4.00. The first kappa shape index (κ1) is 15.5. The van der Waals surface area contributed by atoms with Crippen molar-refractivity contribution < 1.29 is 14.7 Å². The van der Waals surface area contributed by atoms with Gasteiger partial charge in [-0.05, 0) is 31.2 Å². The highest BCUT2D eigenvalue weighted by molar-refractivity contribution is 5.77. The number of benzene rings is 1. The van der Waals surface area contributed by atoms with Crippen LogP contribution in [0.3, 0.4) is 0 Å². The topological polar surface area (TPSA) is 69.6 Å². The molecule has 114 valence electrons. The summed E-state index contributed by atoms with van der Waals surface area (Å²) < 4.78 is 0. The molecule has 1 aromatic rings. The Morgan fingerprint density at radius 3 is 2.71 bits per heavy atom. The smallest absolute Gasteiger partial charge is 0.322 e. The van der Waals surface area contributed by atoms with E-state index in [4.69, 9.17) is 0 Å². The lowest BCUT2D eigenvalue weighted by molar-refractivity contribution is -0.144. The van der Waals surface area contributed by atoms with Crippen LogP contribution in [0.1, 0.15) is 37.7 Å². The molecule has 1 aliphatic heterocycles. The number of carbonyl (C=O) groups is 2. The maximum atomic E-state index is 11.9. The molecule has 1 aromatic carbocycles. The summed E-state index contributed by atoms with van der Waals surface area (Å²) in [6.07, 6.45) is 4.46. The molecule has 5 nitrogen and oxygen atoms in total. The van der Waals surface area contributed by atoms with Gasteiger partial charge in [0.25, 0.3) is 0 Å². The molecule has 0 spiro atoms. The van der Waals surface area contributed by atoms with Crippen molar-refractivity contribution in [3.8, 4) is 0 Å². The molecule has 0 bridgehead atoms. The van der Waals surface area contributed by atoms with Crippen LogP contribution in [0.25, 0.3) is 0 Å². The molecular weight excluding hydrogens is 268 g/mol. The van der Waals surface area contributed by atoms with Crippen molar-refractivity contribution in [3.05, 3.63) is 35.9 Å². The van der Waals surface area contributed by atoms with Crippen LogP contribution in [-0.4, -0.2) is 34.6 Å². The van der Waals surface area contributed by atoms with Gasteiger partial charge in [0, 0.05) is 13.0 Å². The number of hydrazine groups is 1. The molecular formula is C16H22N2O3. The number of carboxylic acid groups (broad SMARTS) is 1. The van der Waals surface area contributed by atoms with E-state index < -0.39 is 12.0 Å². The molecule has 1 atom stereocenters. The minimum atomic E-state index is -0.914. The Morgan fingerprint density at radius 1 is 1.24 bits per heavy atom. The summed E-state index contributed by atoms with van der Waals surface area (Å²) in [4.78, 5) is 23.3. The summed E-state index contributed by atoms with van der Waals surface area (Å²) in [5.74, 6) is -0.915. The lowest BCUT2D eigenvalue weighted by Crippen LogP contribution is -2.51. The summed E-state index contributed by atoms with van der Waals surface area (Å²) in [5, 5.41) is 10.8. The van der Waals surface area contributed by atoms with Crippen molar-refractivity contribution in [1.82, 2.24) is 10.4 Å². The van der Waals surface area contributed by atoms with Gasteiger partial charge in [0.05, 0.1) is 0 Å². The van der Waals surface area contributed by atoms with Crippen molar-refractivity contribution in [2.45, 2.75) is 44.6 Å². The first-order chi connectivity index (χ1) is 10.2. The van der Waals surface area contributed by atoms with Gasteiger partial charge in [-0.15, -0.1) is 0 Å². The summed E-state index contributed by atoms with van der Waals surface area (Å²) in [7, 11) is 0. The molecule has 1 amide bonds. The maximum absolute atomic E-state index is 11.9. The number of rotatable bonds is 6. The quantitative estimate of drug-likeness (QED) is 0.840. The molecule has 1 saturated heterocycles. The van der Waals surface area contributed by atoms with Crippen molar-refractivity contribution in [2.24, 2.45) is 0 Å². The van der Waals surface area contributed by atoms with E-state index in [1.54, 1.807) is 0 Å². The van der Waals surface area contributed by atoms with Gasteiger partial charge in [0.1, 0.15) is 6.04 Å². The van der Waals surface area contributed by atoms with Crippen LogP contribution >= 0.6 is 0 Å². The standard InChI is InChI=1S/C16H22N2O3/c19-15-9-5-2-6-12-18(15)17-14(16(20)21)11-10-13-7-3-1-4-8-13/h1,3-4,7-8,14,17H,2,5-6,9-12H2,(H,20,21)/t14-/m0/s1. The van der Waals surface area contributed by atoms with E-state index in [1.807, 2.05) is 30.3 Å². The number of carbonyl (C=O) groups excluding carboxylic acids is 1. The number of nitrogens with zero attached hydrogens (tertiary/aromatic N) is 1. The zero-order valence-corrected chi connectivity index (χ0v) is 12.1. The van der Waals surface area contributed by atoms with E-state index >= 15 is 0 Å². The monoisotopic (exact) mass is 290 g/mol. The van der Waals surface area contributed by atoms with Gasteiger partial charge in [0.15, 0.2) is 0 Å². The summed E-state index contributed by atoms with van der Waals surface area (Å²) in [6.45, 7) is 0.591. The van der Waals surface area contributed by atoms with E-state index in [-0.39, 0.29) is 5.91 Å². The maximum Gasteiger partial charge on any atom is 0.322 e. The largest absolute Gasteiger partial charge is 0.480 e. The Hall–Kier alpha value is -1.88. The average Bonchev–Trinajstić information content (AvgIpc) is 2.69. The van der Waals surface area contributed by atoms with Gasteiger partial charge in [-0.1, -0.05) is 36.8 Å². The van der Waals surface area contributed by atoms with Crippen LogP contribution < -0.4 is 5.43 Å². The zero-order valence-electron chi connectivity index (χ0n) is 12.1. The number of hydrogen-bond acceptors (Lipinski definition) is 3. The van der Waals surface area contributed by atoms with Gasteiger partial charge in [-0.25, -0.2) is 5.43 Å². The van der Waals surface area contributed by atoms with E-state index in [0.717, 1.165) is 24.8 Å². The molecule has 0 radical (unpaired) electrons. The Kier molecular flexibility index (Phi) is 5.75. The molecule has 0 unspecified atom stereocenters. The number of amides is 1. The number of aliphatic carboxylic acids is 1. The van der Waals surface area contributed by atoms with E-state index in [2.05, 4.69) is 5.43 Å². The summed E-state index contributed by atoms with van der Waals surface area (Å²) >= 11 is 0. The molecule has 1 heterocycles. The van der Waals surface area contributed by atoms with E-state index in [0.29, 0.717) is 25.8 Å². The Labute approximate surface area is 124 Å². The van der Waals surface area contributed by atoms with Gasteiger partial charge >= 0.3 is 5.97 Å². The molecule has 1 fully saturated rings. The normalized spacial score (nSPS) is 17.3. The number of carboxylic acids is 1. The Bertz CT molecular complexity index is 476. The van der Waals surface area contributed by atoms with Gasteiger partial charge in [-0.2, -0.15) is 0 Å². The predicted octanol–water partition coefficient (Wildman–Crippen LogP) is 1.98. The van der Waals surface area contributed by atoms with Crippen LogP contribution in [0.5, 0.6) is 0 Å².